The monoisotopic (exact) mass is 255 g/mol. The average molecular weight is 255 g/mol. The van der Waals surface area contributed by atoms with E-state index in [9.17, 15) is 14.7 Å². The van der Waals surface area contributed by atoms with Gasteiger partial charge in [-0.05, 0) is 46.0 Å². The number of amides is 1. The molecule has 5 heteroatoms. The molecule has 0 bridgehead atoms. The van der Waals surface area contributed by atoms with Crippen molar-refractivity contribution in [3.8, 4) is 0 Å². The van der Waals surface area contributed by atoms with Gasteiger partial charge in [0.05, 0.1) is 0 Å². The third-order valence-electron chi connectivity index (χ3n) is 3.73. The van der Waals surface area contributed by atoms with Crippen molar-refractivity contribution in [3.63, 3.8) is 0 Å². The zero-order valence-electron chi connectivity index (χ0n) is 11.2. The zero-order valence-corrected chi connectivity index (χ0v) is 11.2. The largest absolute Gasteiger partial charge is 0.480 e. The lowest BCUT2D eigenvalue weighted by Gasteiger charge is -2.30. The third-order valence-corrected chi connectivity index (χ3v) is 3.73. The molecule has 2 fully saturated rings. The minimum absolute atomic E-state index is 0.0564. The van der Waals surface area contributed by atoms with Crippen molar-refractivity contribution in [3.05, 3.63) is 0 Å². The van der Waals surface area contributed by atoms with Gasteiger partial charge in [-0.15, -0.1) is 0 Å². The number of carboxylic acids is 1. The van der Waals surface area contributed by atoms with E-state index in [-0.39, 0.29) is 6.04 Å². The maximum atomic E-state index is 12.2. The van der Waals surface area contributed by atoms with E-state index in [0.29, 0.717) is 12.3 Å². The van der Waals surface area contributed by atoms with E-state index < -0.39 is 23.7 Å². The molecule has 0 radical (unpaired) electrons. The van der Waals surface area contributed by atoms with Gasteiger partial charge >= 0.3 is 12.1 Å². The molecule has 18 heavy (non-hydrogen) atoms. The fourth-order valence-corrected chi connectivity index (χ4v) is 3.09. The molecule has 102 valence electrons. The van der Waals surface area contributed by atoms with E-state index in [1.807, 2.05) is 0 Å². The summed E-state index contributed by atoms with van der Waals surface area (Å²) in [4.78, 5) is 24.9. The highest BCUT2D eigenvalue weighted by molar-refractivity contribution is 5.81. The van der Waals surface area contributed by atoms with Crippen LogP contribution in [0.2, 0.25) is 0 Å². The highest BCUT2D eigenvalue weighted by Gasteiger charge is 2.50. The number of carbonyl (C=O) groups excluding carboxylic acids is 1. The highest BCUT2D eigenvalue weighted by atomic mass is 16.6. The molecular formula is C13H21NO4. The number of rotatable bonds is 1. The Morgan fingerprint density at radius 1 is 1.28 bits per heavy atom. The Hall–Kier alpha value is -1.26. The molecule has 1 aliphatic carbocycles. The Balaban J connectivity index is 2.16. The van der Waals surface area contributed by atoms with E-state index in [2.05, 4.69) is 0 Å². The van der Waals surface area contributed by atoms with Gasteiger partial charge in [-0.1, -0.05) is 6.42 Å². The number of ether oxygens (including phenoxy) is 1. The summed E-state index contributed by atoms with van der Waals surface area (Å²) >= 11 is 0. The molecule has 1 amide bonds. The molecule has 5 nitrogen and oxygen atoms in total. The van der Waals surface area contributed by atoms with Crippen LogP contribution in [0.4, 0.5) is 4.79 Å². The summed E-state index contributed by atoms with van der Waals surface area (Å²) in [6.45, 7) is 5.38. The summed E-state index contributed by atoms with van der Waals surface area (Å²) in [6, 6.07) is -0.656. The molecular weight excluding hydrogens is 234 g/mol. The van der Waals surface area contributed by atoms with E-state index in [0.717, 1.165) is 19.3 Å². The summed E-state index contributed by atoms with van der Waals surface area (Å²) in [5, 5.41) is 9.24. The summed E-state index contributed by atoms with van der Waals surface area (Å²) in [5.74, 6) is -0.589. The second kappa shape index (κ2) is 4.44. The molecule has 0 aromatic carbocycles. The predicted molar refractivity (Wildman–Crippen MR) is 65.2 cm³/mol. The molecule has 0 spiro atoms. The molecule has 0 aromatic rings. The van der Waals surface area contributed by atoms with Crippen LogP contribution in [0, 0.1) is 5.92 Å². The number of hydrogen-bond acceptors (Lipinski definition) is 3. The van der Waals surface area contributed by atoms with E-state index in [1.54, 1.807) is 20.8 Å². The molecule has 1 saturated heterocycles. The summed E-state index contributed by atoms with van der Waals surface area (Å²) in [5.41, 5.74) is -0.586. The molecule has 1 heterocycles. The molecule has 2 aliphatic rings. The predicted octanol–water partition coefficient (Wildman–Crippen LogP) is 2.25. The van der Waals surface area contributed by atoms with Gasteiger partial charge in [-0.2, -0.15) is 0 Å². The van der Waals surface area contributed by atoms with Gasteiger partial charge in [0.2, 0.25) is 0 Å². The molecule has 1 saturated carbocycles. The maximum Gasteiger partial charge on any atom is 0.411 e. The van der Waals surface area contributed by atoms with Gasteiger partial charge in [0, 0.05) is 6.04 Å². The van der Waals surface area contributed by atoms with Crippen molar-refractivity contribution in [2.45, 2.75) is 64.1 Å². The number of likely N-dealkylation sites (tertiary alicyclic amines) is 1. The summed E-state index contributed by atoms with van der Waals surface area (Å²) < 4.78 is 5.33. The van der Waals surface area contributed by atoms with Crippen LogP contribution >= 0.6 is 0 Å². The highest BCUT2D eigenvalue weighted by Crippen LogP contribution is 2.41. The van der Waals surface area contributed by atoms with Gasteiger partial charge in [0.25, 0.3) is 0 Å². The first-order chi connectivity index (χ1) is 8.29. The van der Waals surface area contributed by atoms with Crippen molar-refractivity contribution in [1.29, 1.82) is 0 Å². The molecule has 0 unspecified atom stereocenters. The Bertz CT molecular complexity index is 360. The SMILES string of the molecule is CC(C)(C)OC(=O)N1[C@@H](C(=O)O)C[C@H]2CCC[C@H]21. The molecule has 1 N–H and O–H groups in total. The first-order valence-corrected chi connectivity index (χ1v) is 6.54. The summed E-state index contributed by atoms with van der Waals surface area (Å²) in [7, 11) is 0. The zero-order chi connectivity index (χ0) is 13.5. The Morgan fingerprint density at radius 3 is 2.50 bits per heavy atom. The summed E-state index contributed by atoms with van der Waals surface area (Å²) in [6.07, 6.45) is 3.08. The van der Waals surface area contributed by atoms with Crippen LogP contribution in [0.5, 0.6) is 0 Å². The van der Waals surface area contributed by atoms with Crippen molar-refractivity contribution in [2.75, 3.05) is 0 Å². The van der Waals surface area contributed by atoms with Gasteiger partial charge in [-0.25, -0.2) is 9.59 Å². The molecule has 2 rings (SSSR count). The number of aliphatic carboxylic acids is 1. The molecule has 0 aromatic heterocycles. The van der Waals surface area contributed by atoms with E-state index in [4.69, 9.17) is 4.74 Å². The van der Waals surface area contributed by atoms with Gasteiger partial charge < -0.3 is 9.84 Å². The first kappa shape index (κ1) is 13.2. The van der Waals surface area contributed by atoms with E-state index in [1.165, 1.54) is 4.90 Å². The van der Waals surface area contributed by atoms with Crippen LogP contribution in [-0.2, 0) is 9.53 Å². The van der Waals surface area contributed by atoms with Crippen LogP contribution in [0.25, 0.3) is 0 Å². The van der Waals surface area contributed by atoms with Crippen molar-refractivity contribution >= 4 is 12.1 Å². The Labute approximate surface area is 107 Å². The van der Waals surface area contributed by atoms with Crippen molar-refractivity contribution in [1.82, 2.24) is 4.90 Å². The van der Waals surface area contributed by atoms with Crippen molar-refractivity contribution < 1.29 is 19.4 Å². The van der Waals surface area contributed by atoms with Crippen LogP contribution in [0.1, 0.15) is 46.5 Å². The minimum atomic E-state index is -0.921. The fraction of sp³-hybridized carbons (Fsp3) is 0.846. The van der Waals surface area contributed by atoms with Crippen LogP contribution in [0.3, 0.4) is 0 Å². The average Bonchev–Trinajstić information content (AvgIpc) is 2.70. The van der Waals surface area contributed by atoms with Crippen molar-refractivity contribution in [2.24, 2.45) is 5.92 Å². The van der Waals surface area contributed by atoms with Crippen LogP contribution < -0.4 is 0 Å². The van der Waals surface area contributed by atoms with Crippen LogP contribution in [-0.4, -0.2) is 39.8 Å². The number of carboxylic acid groups (broad SMARTS) is 1. The lowest BCUT2D eigenvalue weighted by Crippen LogP contribution is -2.47. The first-order valence-electron chi connectivity index (χ1n) is 6.54. The Morgan fingerprint density at radius 2 is 1.94 bits per heavy atom. The number of nitrogens with zero attached hydrogens (tertiary/aromatic N) is 1. The third kappa shape index (κ3) is 2.44. The quantitative estimate of drug-likeness (QED) is 0.780. The second-order valence-electron chi connectivity index (χ2n) is 6.24. The number of hydrogen-bond donors (Lipinski definition) is 1. The minimum Gasteiger partial charge on any atom is -0.480 e. The number of fused-ring (bicyclic) bond motifs is 1. The van der Waals surface area contributed by atoms with Crippen LogP contribution in [0.15, 0.2) is 0 Å². The second-order valence-corrected chi connectivity index (χ2v) is 6.24. The lowest BCUT2D eigenvalue weighted by atomic mass is 10.0. The lowest BCUT2D eigenvalue weighted by molar-refractivity contribution is -0.142. The van der Waals surface area contributed by atoms with Gasteiger partial charge in [0.15, 0.2) is 0 Å². The standard InChI is InChI=1S/C13H21NO4/c1-13(2,3)18-12(17)14-9-6-4-5-8(9)7-10(14)11(15)16/h8-10H,4-7H2,1-3H3,(H,15,16)/t8-,9-,10-/m1/s1. The maximum absolute atomic E-state index is 12.2. The van der Waals surface area contributed by atoms with E-state index >= 15 is 0 Å². The smallest absolute Gasteiger partial charge is 0.411 e. The molecule has 1 aliphatic heterocycles. The van der Waals surface area contributed by atoms with Gasteiger partial charge in [0.1, 0.15) is 11.6 Å². The Kier molecular flexibility index (Phi) is 3.25. The molecule has 3 atom stereocenters. The van der Waals surface area contributed by atoms with Gasteiger partial charge in [-0.3, -0.25) is 4.90 Å². The fourth-order valence-electron chi connectivity index (χ4n) is 3.09. The number of carbonyl (C=O) groups is 2. The topological polar surface area (TPSA) is 66.8 Å². The normalized spacial score (nSPS) is 31.3.